The molecule has 1 fully saturated rings. The Morgan fingerprint density at radius 3 is 2.53 bits per heavy atom. The number of aryl methyl sites for hydroxylation is 1. The maximum atomic E-state index is 5.78. The fourth-order valence-corrected chi connectivity index (χ4v) is 2.40. The molecular weight excluding hydrogens is 188 g/mol. The SMILES string of the molecule is Cn1nc(C2CCC(CN)CC2)cc1N. The molecule has 4 N–H and O–H groups in total. The van der Waals surface area contributed by atoms with Crippen molar-refractivity contribution in [1.82, 2.24) is 9.78 Å². The molecule has 15 heavy (non-hydrogen) atoms. The van der Waals surface area contributed by atoms with E-state index in [1.165, 1.54) is 25.7 Å². The first-order valence-corrected chi connectivity index (χ1v) is 5.70. The molecule has 2 rings (SSSR count). The lowest BCUT2D eigenvalue weighted by atomic mass is 9.80. The number of nitrogens with zero attached hydrogens (tertiary/aromatic N) is 2. The van der Waals surface area contributed by atoms with Crippen LogP contribution in [-0.2, 0) is 7.05 Å². The third-order valence-electron chi connectivity index (χ3n) is 3.53. The molecule has 0 radical (unpaired) electrons. The number of hydrogen-bond acceptors (Lipinski definition) is 3. The first kappa shape index (κ1) is 10.5. The second-order valence-electron chi connectivity index (χ2n) is 4.57. The average molecular weight is 208 g/mol. The van der Waals surface area contributed by atoms with Gasteiger partial charge in [0.25, 0.3) is 0 Å². The fourth-order valence-electron chi connectivity index (χ4n) is 2.40. The van der Waals surface area contributed by atoms with Crippen molar-refractivity contribution < 1.29 is 0 Å². The molecule has 0 aliphatic heterocycles. The van der Waals surface area contributed by atoms with Gasteiger partial charge < -0.3 is 11.5 Å². The second kappa shape index (κ2) is 4.23. The molecule has 1 heterocycles. The lowest BCUT2D eigenvalue weighted by molar-refractivity contribution is 0.328. The van der Waals surface area contributed by atoms with Gasteiger partial charge in [0.15, 0.2) is 0 Å². The van der Waals surface area contributed by atoms with Crippen LogP contribution in [0.5, 0.6) is 0 Å². The minimum atomic E-state index is 0.594. The Bertz CT molecular complexity index is 304. The minimum Gasteiger partial charge on any atom is -0.384 e. The van der Waals surface area contributed by atoms with E-state index in [4.69, 9.17) is 11.5 Å². The number of nitrogens with two attached hydrogens (primary N) is 2. The molecule has 0 unspecified atom stereocenters. The standard InChI is InChI=1S/C11H20N4/c1-15-11(13)6-10(14-15)9-4-2-8(7-12)3-5-9/h6,8-9H,2-5,7,12-13H2,1H3. The summed E-state index contributed by atoms with van der Waals surface area (Å²) in [5.74, 6) is 2.07. The van der Waals surface area contributed by atoms with Crippen molar-refractivity contribution in [3.05, 3.63) is 11.8 Å². The number of rotatable bonds is 2. The van der Waals surface area contributed by atoms with Crippen LogP contribution in [0.25, 0.3) is 0 Å². The van der Waals surface area contributed by atoms with Crippen molar-refractivity contribution in [2.45, 2.75) is 31.6 Å². The molecule has 0 amide bonds. The van der Waals surface area contributed by atoms with Crippen LogP contribution in [0.2, 0.25) is 0 Å². The van der Waals surface area contributed by atoms with Gasteiger partial charge >= 0.3 is 0 Å². The van der Waals surface area contributed by atoms with Crippen molar-refractivity contribution in [2.24, 2.45) is 18.7 Å². The van der Waals surface area contributed by atoms with Gasteiger partial charge in [-0.25, -0.2) is 0 Å². The lowest BCUT2D eigenvalue weighted by Gasteiger charge is -2.26. The zero-order valence-electron chi connectivity index (χ0n) is 9.32. The summed E-state index contributed by atoms with van der Waals surface area (Å²) < 4.78 is 1.75. The van der Waals surface area contributed by atoms with Gasteiger partial charge in [0.1, 0.15) is 5.82 Å². The maximum absolute atomic E-state index is 5.78. The number of anilines is 1. The minimum absolute atomic E-state index is 0.594. The molecule has 1 saturated carbocycles. The van der Waals surface area contributed by atoms with Crippen LogP contribution in [0.4, 0.5) is 5.82 Å². The maximum Gasteiger partial charge on any atom is 0.121 e. The van der Waals surface area contributed by atoms with E-state index in [0.29, 0.717) is 5.92 Å². The molecule has 4 heteroatoms. The average Bonchev–Trinajstić information content (AvgIpc) is 2.59. The van der Waals surface area contributed by atoms with Gasteiger partial charge in [0.2, 0.25) is 0 Å². The summed E-state index contributed by atoms with van der Waals surface area (Å²) in [6, 6.07) is 2.01. The van der Waals surface area contributed by atoms with Crippen LogP contribution in [-0.4, -0.2) is 16.3 Å². The van der Waals surface area contributed by atoms with Crippen LogP contribution < -0.4 is 11.5 Å². The summed E-state index contributed by atoms with van der Waals surface area (Å²) in [5, 5.41) is 4.45. The predicted molar refractivity (Wildman–Crippen MR) is 61.4 cm³/mol. The van der Waals surface area contributed by atoms with Crippen molar-refractivity contribution in [3.8, 4) is 0 Å². The van der Waals surface area contributed by atoms with E-state index in [1.807, 2.05) is 13.1 Å². The van der Waals surface area contributed by atoms with Gasteiger partial charge in [-0.1, -0.05) is 0 Å². The van der Waals surface area contributed by atoms with Crippen LogP contribution in [0, 0.1) is 5.92 Å². The topological polar surface area (TPSA) is 69.9 Å². The van der Waals surface area contributed by atoms with E-state index < -0.39 is 0 Å². The first-order chi connectivity index (χ1) is 7.20. The smallest absolute Gasteiger partial charge is 0.121 e. The molecule has 1 aromatic heterocycles. The highest BCUT2D eigenvalue weighted by molar-refractivity contribution is 5.32. The Hall–Kier alpha value is -1.03. The third-order valence-corrected chi connectivity index (χ3v) is 3.53. The van der Waals surface area contributed by atoms with Gasteiger partial charge in [-0.3, -0.25) is 4.68 Å². The van der Waals surface area contributed by atoms with Crippen molar-refractivity contribution in [1.29, 1.82) is 0 Å². The summed E-state index contributed by atoms with van der Waals surface area (Å²) >= 11 is 0. The quantitative estimate of drug-likeness (QED) is 0.768. The predicted octanol–water partition coefficient (Wildman–Crippen LogP) is 1.23. The largest absolute Gasteiger partial charge is 0.384 e. The van der Waals surface area contributed by atoms with Crippen LogP contribution in [0.1, 0.15) is 37.3 Å². The van der Waals surface area contributed by atoms with E-state index >= 15 is 0 Å². The van der Waals surface area contributed by atoms with Gasteiger partial charge in [-0.2, -0.15) is 5.10 Å². The normalized spacial score (nSPS) is 26.8. The molecule has 1 aliphatic rings. The Morgan fingerprint density at radius 2 is 2.07 bits per heavy atom. The van der Waals surface area contributed by atoms with E-state index in [9.17, 15) is 0 Å². The zero-order valence-corrected chi connectivity index (χ0v) is 9.32. The summed E-state index contributed by atoms with van der Waals surface area (Å²) in [7, 11) is 1.89. The Kier molecular flexibility index (Phi) is 2.95. The van der Waals surface area contributed by atoms with Crippen molar-refractivity contribution in [2.75, 3.05) is 12.3 Å². The van der Waals surface area contributed by atoms with Gasteiger partial charge in [0.05, 0.1) is 5.69 Å². The van der Waals surface area contributed by atoms with Gasteiger partial charge in [-0.05, 0) is 38.1 Å². The van der Waals surface area contributed by atoms with Crippen LogP contribution >= 0.6 is 0 Å². The third kappa shape index (κ3) is 2.15. The Labute approximate surface area is 90.6 Å². The molecule has 0 saturated heterocycles. The molecule has 0 bridgehead atoms. The highest BCUT2D eigenvalue weighted by Crippen LogP contribution is 2.35. The molecule has 84 valence electrons. The Balaban J connectivity index is 2.01. The number of nitrogen functional groups attached to an aromatic ring is 1. The van der Waals surface area contributed by atoms with E-state index in [1.54, 1.807) is 4.68 Å². The Morgan fingerprint density at radius 1 is 1.40 bits per heavy atom. The lowest BCUT2D eigenvalue weighted by Crippen LogP contribution is -2.20. The van der Waals surface area contributed by atoms with E-state index in [0.717, 1.165) is 24.0 Å². The second-order valence-corrected chi connectivity index (χ2v) is 4.57. The summed E-state index contributed by atoms with van der Waals surface area (Å²) in [6.45, 7) is 0.830. The summed E-state index contributed by atoms with van der Waals surface area (Å²) in [4.78, 5) is 0. The number of aromatic nitrogens is 2. The monoisotopic (exact) mass is 208 g/mol. The van der Waals surface area contributed by atoms with Crippen LogP contribution in [0.15, 0.2) is 6.07 Å². The molecule has 0 atom stereocenters. The van der Waals surface area contributed by atoms with Crippen molar-refractivity contribution >= 4 is 5.82 Å². The molecule has 1 aromatic rings. The summed E-state index contributed by atoms with van der Waals surface area (Å²) in [5.41, 5.74) is 12.6. The zero-order chi connectivity index (χ0) is 10.8. The van der Waals surface area contributed by atoms with E-state index in [2.05, 4.69) is 5.10 Å². The molecule has 1 aliphatic carbocycles. The molecule has 4 nitrogen and oxygen atoms in total. The van der Waals surface area contributed by atoms with Crippen molar-refractivity contribution in [3.63, 3.8) is 0 Å². The van der Waals surface area contributed by atoms with Gasteiger partial charge in [-0.15, -0.1) is 0 Å². The fraction of sp³-hybridized carbons (Fsp3) is 0.727. The first-order valence-electron chi connectivity index (χ1n) is 5.70. The molecule has 0 spiro atoms. The summed E-state index contributed by atoms with van der Waals surface area (Å²) in [6.07, 6.45) is 4.88. The van der Waals surface area contributed by atoms with E-state index in [-0.39, 0.29) is 0 Å². The highest BCUT2D eigenvalue weighted by Gasteiger charge is 2.23. The van der Waals surface area contributed by atoms with Crippen LogP contribution in [0.3, 0.4) is 0 Å². The van der Waals surface area contributed by atoms with Gasteiger partial charge in [0, 0.05) is 19.0 Å². The molecule has 0 aromatic carbocycles. The molecular formula is C11H20N4. The highest BCUT2D eigenvalue weighted by atomic mass is 15.3. The number of hydrogen-bond donors (Lipinski definition) is 2.